The monoisotopic (exact) mass is 295 g/mol. The fourth-order valence-corrected chi connectivity index (χ4v) is 2.10. The molecule has 2 heterocycles. The molecule has 0 aliphatic carbocycles. The van der Waals surface area contributed by atoms with Crippen molar-refractivity contribution in [2.45, 2.75) is 0 Å². The molecule has 0 saturated heterocycles. The molecule has 21 heavy (non-hydrogen) atoms. The molecule has 0 amide bonds. The molecule has 3 N–H and O–H groups in total. The number of aromatic nitrogens is 2. The number of aromatic amines is 1. The number of para-hydroxylation sites is 1. The van der Waals surface area contributed by atoms with E-state index in [9.17, 15) is 0 Å². The van der Waals surface area contributed by atoms with E-state index in [1.165, 1.54) is 0 Å². The third kappa shape index (κ3) is 3.24. The number of benzene rings is 1. The number of H-pyrrole nitrogens is 1. The molecule has 3 rings (SSSR count). The molecule has 0 atom stereocenters. The van der Waals surface area contributed by atoms with Crippen molar-refractivity contribution in [1.82, 2.24) is 15.4 Å². The molecule has 0 fully saturated rings. The second-order valence-electron chi connectivity index (χ2n) is 4.33. The Morgan fingerprint density at radius 2 is 2.05 bits per heavy atom. The van der Waals surface area contributed by atoms with Crippen LogP contribution in [0.25, 0.3) is 11.0 Å². The normalized spacial score (nSPS) is 10.9. The molecule has 1 aromatic carbocycles. The number of fused-ring (bicyclic) bond motifs is 1. The Labute approximate surface area is 127 Å². The molecule has 5 nitrogen and oxygen atoms in total. The van der Waals surface area contributed by atoms with Crippen LogP contribution in [0, 0.1) is 0 Å². The lowest BCUT2D eigenvalue weighted by molar-refractivity contribution is 1.05. The van der Waals surface area contributed by atoms with Gasteiger partial charge in [0, 0.05) is 29.0 Å². The number of hydrazone groups is 1. The Kier molecular flexibility index (Phi) is 3.88. The van der Waals surface area contributed by atoms with Crippen LogP contribution in [-0.2, 0) is 0 Å². The minimum Gasteiger partial charge on any atom is -0.345 e. The van der Waals surface area contributed by atoms with E-state index in [1.54, 1.807) is 12.4 Å². The van der Waals surface area contributed by atoms with Gasteiger partial charge < -0.3 is 10.3 Å². The maximum Gasteiger partial charge on any atom is 0.191 e. The number of nitrogens with one attached hydrogen (secondary N) is 3. The van der Waals surface area contributed by atoms with Gasteiger partial charge in [-0.1, -0.05) is 18.2 Å². The Morgan fingerprint density at radius 3 is 2.90 bits per heavy atom. The largest absolute Gasteiger partial charge is 0.345 e. The third-order valence-corrected chi connectivity index (χ3v) is 3.08. The van der Waals surface area contributed by atoms with Gasteiger partial charge in [0.05, 0.1) is 6.21 Å². The smallest absolute Gasteiger partial charge is 0.191 e. The van der Waals surface area contributed by atoms with Gasteiger partial charge in [-0.05, 0) is 36.5 Å². The highest BCUT2D eigenvalue weighted by molar-refractivity contribution is 7.80. The summed E-state index contributed by atoms with van der Waals surface area (Å²) in [7, 11) is 0. The first kappa shape index (κ1) is 13.3. The van der Waals surface area contributed by atoms with E-state index in [4.69, 9.17) is 12.2 Å². The molecule has 0 aliphatic rings. The van der Waals surface area contributed by atoms with Gasteiger partial charge in [-0.15, -0.1) is 0 Å². The molecule has 0 radical (unpaired) electrons. The van der Waals surface area contributed by atoms with Crippen molar-refractivity contribution in [1.29, 1.82) is 0 Å². The van der Waals surface area contributed by atoms with Crippen LogP contribution in [0.4, 0.5) is 5.69 Å². The summed E-state index contributed by atoms with van der Waals surface area (Å²) in [5, 5.41) is 8.64. The van der Waals surface area contributed by atoms with E-state index in [-0.39, 0.29) is 0 Å². The molecule has 0 aliphatic heterocycles. The van der Waals surface area contributed by atoms with E-state index < -0.39 is 0 Å². The summed E-state index contributed by atoms with van der Waals surface area (Å²) in [6.45, 7) is 0. The average Bonchev–Trinajstić information content (AvgIpc) is 2.92. The molecule has 0 spiro atoms. The number of hydrogen-bond donors (Lipinski definition) is 3. The zero-order chi connectivity index (χ0) is 14.5. The third-order valence-electron chi connectivity index (χ3n) is 2.88. The van der Waals surface area contributed by atoms with Crippen LogP contribution in [0.15, 0.2) is 60.0 Å². The maximum atomic E-state index is 5.17. The van der Waals surface area contributed by atoms with Crippen LogP contribution in [0.5, 0.6) is 0 Å². The summed E-state index contributed by atoms with van der Waals surface area (Å²) in [6, 6.07) is 13.6. The minimum atomic E-state index is 0.440. The molecular weight excluding hydrogens is 282 g/mol. The van der Waals surface area contributed by atoms with E-state index >= 15 is 0 Å². The van der Waals surface area contributed by atoms with Gasteiger partial charge in [-0.3, -0.25) is 5.43 Å². The quantitative estimate of drug-likeness (QED) is 0.395. The van der Waals surface area contributed by atoms with E-state index in [2.05, 4.69) is 25.8 Å². The number of nitrogens with zero attached hydrogens (tertiary/aromatic N) is 2. The molecule has 2 aromatic heterocycles. The van der Waals surface area contributed by atoms with E-state index in [0.717, 1.165) is 22.3 Å². The lowest BCUT2D eigenvalue weighted by Crippen LogP contribution is -2.23. The standard InChI is InChI=1S/C15H13N5S/c21-15(19-12-5-2-1-3-6-12)20-18-10-11-9-17-14-13(11)7-4-8-16-14/h1-10H,(H,16,17)(H2,19,20,21)/b18-10+. The molecular formula is C15H13N5S. The Hall–Kier alpha value is -2.73. The number of anilines is 1. The lowest BCUT2D eigenvalue weighted by atomic mass is 10.2. The van der Waals surface area contributed by atoms with Crippen LogP contribution < -0.4 is 10.7 Å². The molecule has 0 bridgehead atoms. The zero-order valence-corrected chi connectivity index (χ0v) is 11.9. The second kappa shape index (κ2) is 6.15. The topological polar surface area (TPSA) is 65.1 Å². The van der Waals surface area contributed by atoms with Gasteiger partial charge in [0.1, 0.15) is 5.65 Å². The maximum absolute atomic E-state index is 5.17. The Bertz CT molecular complexity index is 779. The minimum absolute atomic E-state index is 0.440. The summed E-state index contributed by atoms with van der Waals surface area (Å²) in [5.74, 6) is 0. The highest BCUT2D eigenvalue weighted by Crippen LogP contribution is 2.13. The first-order chi connectivity index (χ1) is 10.3. The van der Waals surface area contributed by atoms with Gasteiger partial charge in [-0.2, -0.15) is 5.10 Å². The first-order valence-electron chi connectivity index (χ1n) is 6.40. The van der Waals surface area contributed by atoms with Gasteiger partial charge in [0.2, 0.25) is 0 Å². The lowest BCUT2D eigenvalue weighted by Gasteiger charge is -2.05. The molecule has 104 valence electrons. The van der Waals surface area contributed by atoms with Crippen LogP contribution in [-0.4, -0.2) is 21.3 Å². The van der Waals surface area contributed by atoms with Crippen LogP contribution in [0.2, 0.25) is 0 Å². The van der Waals surface area contributed by atoms with Crippen molar-refractivity contribution in [3.8, 4) is 0 Å². The first-order valence-corrected chi connectivity index (χ1v) is 6.81. The van der Waals surface area contributed by atoms with Crippen LogP contribution >= 0.6 is 12.2 Å². The number of pyridine rings is 1. The van der Waals surface area contributed by atoms with Crippen LogP contribution in [0.1, 0.15) is 5.56 Å². The number of hydrogen-bond acceptors (Lipinski definition) is 3. The molecule has 0 saturated carbocycles. The molecule has 0 unspecified atom stereocenters. The van der Waals surface area contributed by atoms with Crippen molar-refractivity contribution < 1.29 is 0 Å². The summed E-state index contributed by atoms with van der Waals surface area (Å²) in [6.07, 6.45) is 5.31. The number of thiocarbonyl (C=S) groups is 1. The predicted octanol–water partition coefficient (Wildman–Crippen LogP) is 2.88. The van der Waals surface area contributed by atoms with Crippen molar-refractivity contribution >= 4 is 40.3 Å². The van der Waals surface area contributed by atoms with Crippen molar-refractivity contribution in [3.63, 3.8) is 0 Å². The van der Waals surface area contributed by atoms with E-state index in [0.29, 0.717) is 5.11 Å². The summed E-state index contributed by atoms with van der Waals surface area (Å²) in [4.78, 5) is 7.31. The van der Waals surface area contributed by atoms with Crippen molar-refractivity contribution in [3.05, 3.63) is 60.4 Å². The highest BCUT2D eigenvalue weighted by Gasteiger charge is 2.00. The van der Waals surface area contributed by atoms with Gasteiger partial charge >= 0.3 is 0 Å². The SMILES string of the molecule is S=C(N/N=C/c1c[nH]c2ncccc12)Nc1ccccc1. The fraction of sp³-hybridized carbons (Fsp3) is 0. The van der Waals surface area contributed by atoms with Crippen molar-refractivity contribution in [2.75, 3.05) is 5.32 Å². The van der Waals surface area contributed by atoms with Gasteiger partial charge in [0.25, 0.3) is 0 Å². The Morgan fingerprint density at radius 1 is 1.19 bits per heavy atom. The summed E-state index contributed by atoms with van der Waals surface area (Å²) >= 11 is 5.17. The Balaban J connectivity index is 1.63. The van der Waals surface area contributed by atoms with Crippen molar-refractivity contribution in [2.24, 2.45) is 5.10 Å². The van der Waals surface area contributed by atoms with Gasteiger partial charge in [0.15, 0.2) is 5.11 Å². The molecule has 3 aromatic rings. The number of rotatable bonds is 3. The summed E-state index contributed by atoms with van der Waals surface area (Å²) < 4.78 is 0. The molecule has 6 heteroatoms. The second-order valence-corrected chi connectivity index (χ2v) is 4.74. The van der Waals surface area contributed by atoms with Gasteiger partial charge in [-0.25, -0.2) is 4.98 Å². The predicted molar refractivity (Wildman–Crippen MR) is 89.5 cm³/mol. The van der Waals surface area contributed by atoms with E-state index in [1.807, 2.05) is 48.7 Å². The fourth-order valence-electron chi connectivity index (χ4n) is 1.92. The van der Waals surface area contributed by atoms with Crippen LogP contribution in [0.3, 0.4) is 0 Å². The highest BCUT2D eigenvalue weighted by atomic mass is 32.1. The average molecular weight is 295 g/mol. The zero-order valence-electron chi connectivity index (χ0n) is 11.1. The summed E-state index contributed by atoms with van der Waals surface area (Å²) in [5.41, 5.74) is 5.50.